The van der Waals surface area contributed by atoms with Crippen molar-refractivity contribution in [3.63, 3.8) is 0 Å². The number of anilines is 2. The van der Waals surface area contributed by atoms with Crippen LogP contribution in [0.5, 0.6) is 5.75 Å². The van der Waals surface area contributed by atoms with Gasteiger partial charge in [0.05, 0.1) is 24.8 Å². The van der Waals surface area contributed by atoms with Gasteiger partial charge in [-0.1, -0.05) is 18.2 Å². The van der Waals surface area contributed by atoms with Crippen LogP contribution in [0.3, 0.4) is 0 Å². The largest absolute Gasteiger partial charge is 0.489 e. The van der Waals surface area contributed by atoms with Crippen LogP contribution in [0.4, 0.5) is 24.9 Å². The standard InChI is InChI=1S/C28H30F3N7O4S/c1-16-15-41-10-8-38(16)27-21-11-17(19-3-2-4-20(24(19)31)22(30)5-7-35-43(39)40)12-23(42-9-6-29)25(21)36-26(37-27)18-13-33-28(32)34-14-18/h2-4,11-14,16,22,43H,5-10,15H2,1H3,(H2,32,33,34)(H,35,39,40). The van der Waals surface area contributed by atoms with Gasteiger partial charge in [0.2, 0.25) is 16.8 Å². The lowest BCUT2D eigenvalue weighted by Gasteiger charge is -2.35. The molecule has 1 saturated heterocycles. The topological polar surface area (TPSA) is 145 Å². The number of nitrogens with two attached hydrogens (primary N) is 1. The van der Waals surface area contributed by atoms with Crippen LogP contribution in [0, 0.1) is 5.82 Å². The Balaban J connectivity index is 1.69. The first-order valence-corrected chi connectivity index (χ1v) is 14.7. The second-order valence-electron chi connectivity index (χ2n) is 9.86. The lowest BCUT2D eigenvalue weighted by molar-refractivity contribution is 0.0987. The first kappa shape index (κ1) is 30.4. The van der Waals surface area contributed by atoms with Gasteiger partial charge in [0.15, 0.2) is 5.82 Å². The van der Waals surface area contributed by atoms with Crippen molar-refractivity contribution < 1.29 is 31.1 Å². The Morgan fingerprint density at radius 1 is 1.21 bits per heavy atom. The zero-order valence-electron chi connectivity index (χ0n) is 23.2. The van der Waals surface area contributed by atoms with Crippen molar-refractivity contribution in [1.29, 1.82) is 0 Å². The number of hydrogen-bond acceptors (Lipinski definition) is 10. The molecule has 1 fully saturated rings. The summed E-state index contributed by atoms with van der Waals surface area (Å²) in [4.78, 5) is 19.7. The molecule has 1 aliphatic heterocycles. The van der Waals surface area contributed by atoms with Gasteiger partial charge in [-0.25, -0.2) is 46.2 Å². The molecule has 0 amide bonds. The van der Waals surface area contributed by atoms with Crippen LogP contribution >= 0.6 is 0 Å². The van der Waals surface area contributed by atoms with E-state index >= 15 is 8.78 Å². The number of halogens is 3. The summed E-state index contributed by atoms with van der Waals surface area (Å²) < 4.78 is 79.3. The van der Waals surface area contributed by atoms with Crippen molar-refractivity contribution >= 4 is 33.6 Å². The molecular formula is C28H30F3N7O4S. The summed E-state index contributed by atoms with van der Waals surface area (Å²) in [6, 6.07) is 7.47. The average molecular weight is 618 g/mol. The van der Waals surface area contributed by atoms with Gasteiger partial charge in [-0.15, -0.1) is 0 Å². The third-order valence-electron chi connectivity index (χ3n) is 6.97. The van der Waals surface area contributed by atoms with Crippen LogP contribution in [0.1, 0.15) is 25.1 Å². The molecule has 5 rings (SSSR count). The second-order valence-corrected chi connectivity index (χ2v) is 10.7. The number of alkyl halides is 2. The van der Waals surface area contributed by atoms with Gasteiger partial charge in [-0.2, -0.15) is 0 Å². The van der Waals surface area contributed by atoms with Gasteiger partial charge in [0.25, 0.3) is 0 Å². The van der Waals surface area contributed by atoms with Gasteiger partial charge >= 0.3 is 0 Å². The molecule has 1 aliphatic rings. The molecule has 43 heavy (non-hydrogen) atoms. The van der Waals surface area contributed by atoms with E-state index in [1.807, 2.05) is 11.8 Å². The maximum atomic E-state index is 15.9. The third kappa shape index (κ3) is 6.78. The second kappa shape index (κ2) is 13.5. The quantitative estimate of drug-likeness (QED) is 0.214. The summed E-state index contributed by atoms with van der Waals surface area (Å²) in [5.41, 5.74) is 6.70. The van der Waals surface area contributed by atoms with Gasteiger partial charge in [0, 0.05) is 42.0 Å². The Morgan fingerprint density at radius 2 is 2.00 bits per heavy atom. The van der Waals surface area contributed by atoms with Crippen LogP contribution < -0.4 is 20.1 Å². The Labute approximate surface area is 247 Å². The van der Waals surface area contributed by atoms with E-state index in [1.54, 1.807) is 6.07 Å². The van der Waals surface area contributed by atoms with E-state index in [0.717, 1.165) is 0 Å². The Hall–Kier alpha value is -4.08. The predicted octanol–water partition coefficient (Wildman–Crippen LogP) is 3.57. The minimum Gasteiger partial charge on any atom is -0.489 e. The number of rotatable bonds is 11. The highest BCUT2D eigenvalue weighted by Crippen LogP contribution is 2.40. The van der Waals surface area contributed by atoms with Crippen LogP contribution in [-0.4, -0.2) is 74.0 Å². The van der Waals surface area contributed by atoms with E-state index in [2.05, 4.69) is 14.7 Å². The number of nitrogen functional groups attached to an aromatic ring is 1. The highest BCUT2D eigenvalue weighted by molar-refractivity contribution is 7.70. The SMILES string of the molecule is CC1COCCN1c1nc(-c2cnc(N)nc2)nc2c(OCCF)cc(-c3cccc(C(F)CCN[SH](=O)=O)c3F)cc12. The molecule has 4 aromatic rings. The monoisotopic (exact) mass is 617 g/mol. The maximum absolute atomic E-state index is 15.9. The van der Waals surface area contributed by atoms with E-state index in [4.69, 9.17) is 25.2 Å². The third-order valence-corrected chi connectivity index (χ3v) is 7.45. The average Bonchev–Trinajstić information content (AvgIpc) is 3.00. The normalized spacial score (nSPS) is 16.1. The molecule has 0 aliphatic carbocycles. The highest BCUT2D eigenvalue weighted by atomic mass is 32.2. The van der Waals surface area contributed by atoms with Gasteiger partial charge < -0.3 is 20.1 Å². The number of morpholine rings is 1. The molecule has 0 radical (unpaired) electrons. The van der Waals surface area contributed by atoms with Crippen molar-refractivity contribution in [3.8, 4) is 28.3 Å². The maximum Gasteiger partial charge on any atom is 0.219 e. The van der Waals surface area contributed by atoms with Crippen LogP contribution in [-0.2, 0) is 15.6 Å². The predicted molar refractivity (Wildman–Crippen MR) is 156 cm³/mol. The Bertz CT molecular complexity index is 1670. The number of aromatic nitrogens is 4. The molecule has 0 bridgehead atoms. The molecule has 2 atom stereocenters. The molecule has 228 valence electrons. The smallest absolute Gasteiger partial charge is 0.219 e. The zero-order valence-corrected chi connectivity index (χ0v) is 24.1. The van der Waals surface area contributed by atoms with E-state index in [0.29, 0.717) is 47.6 Å². The summed E-state index contributed by atoms with van der Waals surface area (Å²) in [5, 5.41) is 0.505. The molecule has 15 heteroatoms. The molecule has 3 heterocycles. The first-order chi connectivity index (χ1) is 20.8. The fraction of sp³-hybridized carbons (Fsp3) is 0.357. The number of nitrogens with one attached hydrogen (secondary N) is 1. The molecule has 2 aromatic heterocycles. The van der Waals surface area contributed by atoms with Crippen molar-refractivity contribution in [1.82, 2.24) is 24.7 Å². The van der Waals surface area contributed by atoms with Crippen LogP contribution in [0.2, 0.25) is 0 Å². The number of ether oxygens (including phenoxy) is 2. The molecular weight excluding hydrogens is 587 g/mol. The van der Waals surface area contributed by atoms with Gasteiger partial charge in [-0.3, -0.25) is 0 Å². The molecule has 2 aromatic carbocycles. The summed E-state index contributed by atoms with van der Waals surface area (Å²) in [7, 11) is -2.89. The number of hydrogen-bond donors (Lipinski definition) is 3. The zero-order chi connectivity index (χ0) is 30.5. The number of fused-ring (bicyclic) bond motifs is 1. The number of benzene rings is 2. The first-order valence-electron chi connectivity index (χ1n) is 13.5. The van der Waals surface area contributed by atoms with E-state index < -0.39 is 29.6 Å². The van der Waals surface area contributed by atoms with E-state index in [-0.39, 0.29) is 54.3 Å². The van der Waals surface area contributed by atoms with Crippen molar-refractivity contribution in [2.24, 2.45) is 0 Å². The van der Waals surface area contributed by atoms with Crippen LogP contribution in [0.25, 0.3) is 33.4 Å². The summed E-state index contributed by atoms with van der Waals surface area (Å²) >= 11 is 0. The lowest BCUT2D eigenvalue weighted by Crippen LogP contribution is -2.44. The van der Waals surface area contributed by atoms with E-state index in [1.165, 1.54) is 36.7 Å². The number of nitrogens with zero attached hydrogens (tertiary/aromatic N) is 5. The van der Waals surface area contributed by atoms with Gasteiger partial charge in [0.1, 0.15) is 42.4 Å². The summed E-state index contributed by atoms with van der Waals surface area (Å²) in [6.07, 6.45) is 0.969. The van der Waals surface area contributed by atoms with Crippen molar-refractivity contribution in [2.75, 3.05) is 50.2 Å². The lowest BCUT2D eigenvalue weighted by atomic mass is 9.97. The Kier molecular flexibility index (Phi) is 9.52. The summed E-state index contributed by atoms with van der Waals surface area (Å²) in [5.74, 6) is 0.242. The summed E-state index contributed by atoms with van der Waals surface area (Å²) in [6.45, 7) is 2.14. The highest BCUT2D eigenvalue weighted by Gasteiger charge is 2.26. The van der Waals surface area contributed by atoms with Gasteiger partial charge in [-0.05, 0) is 31.0 Å². The molecule has 11 nitrogen and oxygen atoms in total. The fourth-order valence-corrected chi connectivity index (χ4v) is 5.21. The number of thiol groups is 1. The van der Waals surface area contributed by atoms with Crippen molar-refractivity contribution in [3.05, 3.63) is 54.1 Å². The van der Waals surface area contributed by atoms with E-state index in [9.17, 15) is 12.8 Å². The molecule has 3 N–H and O–H groups in total. The molecule has 2 unspecified atom stereocenters. The Morgan fingerprint density at radius 3 is 2.72 bits per heavy atom. The molecule has 0 saturated carbocycles. The fourth-order valence-electron chi connectivity index (χ4n) is 4.90. The van der Waals surface area contributed by atoms with Crippen molar-refractivity contribution in [2.45, 2.75) is 25.6 Å². The molecule has 0 spiro atoms. The minimum absolute atomic E-state index is 0.0759. The van der Waals surface area contributed by atoms with Crippen LogP contribution in [0.15, 0.2) is 42.7 Å². The minimum atomic E-state index is -2.89.